The Hall–Kier alpha value is -4.14. The summed E-state index contributed by atoms with van der Waals surface area (Å²) in [4.78, 5) is 16.1. The Morgan fingerprint density at radius 1 is 0.919 bits per heavy atom. The Bertz CT molecular complexity index is 1280. The number of aromatic nitrogens is 5. The molecule has 9 nitrogen and oxygen atoms in total. The average Bonchev–Trinajstić information content (AvgIpc) is 3.47. The van der Waals surface area contributed by atoms with E-state index in [-0.39, 0.29) is 5.97 Å². The van der Waals surface area contributed by atoms with E-state index in [0.29, 0.717) is 45.1 Å². The number of aryl methyl sites for hydroxylation is 2. The van der Waals surface area contributed by atoms with Gasteiger partial charge in [0, 0.05) is 37.0 Å². The summed E-state index contributed by atoms with van der Waals surface area (Å²) in [6.07, 6.45) is 7.28. The third-order valence-corrected chi connectivity index (χ3v) is 5.78. The van der Waals surface area contributed by atoms with E-state index in [1.807, 2.05) is 73.4 Å². The van der Waals surface area contributed by atoms with Crippen molar-refractivity contribution in [1.82, 2.24) is 24.5 Å². The summed E-state index contributed by atoms with van der Waals surface area (Å²) in [6, 6.07) is 13.8. The highest BCUT2D eigenvalue weighted by Gasteiger charge is 2.13. The van der Waals surface area contributed by atoms with E-state index < -0.39 is 0 Å². The monoisotopic (exact) mass is 503 g/mol. The minimum absolute atomic E-state index is 0.217. The number of carbonyl (C=O) groups excluding carboxylic acids is 1. The predicted molar refractivity (Wildman–Crippen MR) is 139 cm³/mol. The fraction of sp³-hybridized carbons (Fsp3) is 0.357. The van der Waals surface area contributed by atoms with Crippen LogP contribution < -0.4 is 9.47 Å². The predicted octanol–water partition coefficient (Wildman–Crippen LogP) is 4.34. The van der Waals surface area contributed by atoms with Crippen LogP contribution in [-0.4, -0.2) is 50.3 Å². The molecule has 0 N–H and O–H groups in total. The van der Waals surface area contributed by atoms with Gasteiger partial charge in [-0.2, -0.15) is 5.10 Å². The van der Waals surface area contributed by atoms with E-state index in [1.54, 1.807) is 17.8 Å². The average molecular weight is 504 g/mol. The van der Waals surface area contributed by atoms with Crippen LogP contribution in [0.3, 0.4) is 0 Å². The molecule has 0 saturated heterocycles. The van der Waals surface area contributed by atoms with Gasteiger partial charge in [0.2, 0.25) is 5.88 Å². The van der Waals surface area contributed by atoms with Crippen LogP contribution in [0.5, 0.6) is 11.6 Å². The first kappa shape index (κ1) is 25.9. The lowest BCUT2D eigenvalue weighted by molar-refractivity contribution is -0.143. The molecule has 3 aromatic heterocycles. The molecule has 3 heterocycles. The van der Waals surface area contributed by atoms with Crippen LogP contribution in [0.4, 0.5) is 0 Å². The normalized spacial score (nSPS) is 10.9. The van der Waals surface area contributed by atoms with Crippen LogP contribution in [0.15, 0.2) is 61.1 Å². The minimum Gasteiger partial charge on any atom is -0.493 e. The van der Waals surface area contributed by atoms with Crippen molar-refractivity contribution in [3.63, 3.8) is 0 Å². The van der Waals surface area contributed by atoms with Crippen LogP contribution >= 0.6 is 0 Å². The molecule has 4 aromatic rings. The van der Waals surface area contributed by atoms with Gasteiger partial charge in [0.25, 0.3) is 0 Å². The SMILES string of the molecule is CCOC(=O)CCc1cn(Cc2ccc(OCCc3cn(-c4ccccn4)nc3C)cc2)nc1OCC. The Kier molecular flexibility index (Phi) is 8.91. The van der Waals surface area contributed by atoms with E-state index >= 15 is 0 Å². The minimum atomic E-state index is -0.217. The van der Waals surface area contributed by atoms with Gasteiger partial charge in [0.15, 0.2) is 5.82 Å². The van der Waals surface area contributed by atoms with E-state index in [9.17, 15) is 4.79 Å². The molecule has 0 atom stereocenters. The van der Waals surface area contributed by atoms with Gasteiger partial charge in [-0.15, -0.1) is 5.10 Å². The highest BCUT2D eigenvalue weighted by molar-refractivity contribution is 5.69. The number of carbonyl (C=O) groups is 1. The second-order valence-electron chi connectivity index (χ2n) is 8.51. The van der Waals surface area contributed by atoms with Gasteiger partial charge in [-0.3, -0.25) is 9.48 Å². The Morgan fingerprint density at radius 3 is 2.49 bits per heavy atom. The zero-order valence-corrected chi connectivity index (χ0v) is 21.6. The summed E-state index contributed by atoms with van der Waals surface area (Å²) in [6.45, 7) is 7.75. The van der Waals surface area contributed by atoms with Crippen molar-refractivity contribution in [3.8, 4) is 17.4 Å². The summed E-state index contributed by atoms with van der Waals surface area (Å²) in [5.41, 5.74) is 4.08. The van der Waals surface area contributed by atoms with Gasteiger partial charge in [0.1, 0.15) is 5.75 Å². The molecule has 0 bridgehead atoms. The highest BCUT2D eigenvalue weighted by Crippen LogP contribution is 2.20. The van der Waals surface area contributed by atoms with E-state index in [0.717, 1.165) is 40.4 Å². The maximum atomic E-state index is 11.7. The first-order valence-electron chi connectivity index (χ1n) is 12.6. The molecule has 37 heavy (non-hydrogen) atoms. The second-order valence-corrected chi connectivity index (χ2v) is 8.51. The first-order chi connectivity index (χ1) is 18.1. The number of benzene rings is 1. The molecule has 0 saturated carbocycles. The van der Waals surface area contributed by atoms with E-state index in [1.165, 1.54) is 0 Å². The molecule has 0 amide bonds. The summed E-state index contributed by atoms with van der Waals surface area (Å²) in [7, 11) is 0. The summed E-state index contributed by atoms with van der Waals surface area (Å²) in [5, 5.41) is 9.12. The highest BCUT2D eigenvalue weighted by atomic mass is 16.5. The molecule has 0 spiro atoms. The molecule has 4 rings (SSSR count). The van der Waals surface area contributed by atoms with Gasteiger partial charge in [-0.25, -0.2) is 9.67 Å². The van der Waals surface area contributed by atoms with Crippen molar-refractivity contribution >= 4 is 5.97 Å². The van der Waals surface area contributed by atoms with Crippen molar-refractivity contribution in [2.75, 3.05) is 19.8 Å². The Labute approximate surface area is 217 Å². The van der Waals surface area contributed by atoms with Crippen LogP contribution in [0, 0.1) is 6.92 Å². The topological polar surface area (TPSA) is 93.3 Å². The van der Waals surface area contributed by atoms with Crippen LogP contribution in [0.1, 0.15) is 42.7 Å². The number of pyridine rings is 1. The molecule has 0 aliphatic heterocycles. The lowest BCUT2D eigenvalue weighted by Gasteiger charge is -2.07. The summed E-state index contributed by atoms with van der Waals surface area (Å²) < 4.78 is 20.3. The zero-order chi connectivity index (χ0) is 26.0. The molecule has 0 radical (unpaired) electrons. The van der Waals surface area contributed by atoms with Gasteiger partial charge in [-0.05, 0) is 62.6 Å². The molecular formula is C28H33N5O4. The summed E-state index contributed by atoms with van der Waals surface area (Å²) >= 11 is 0. The first-order valence-corrected chi connectivity index (χ1v) is 12.6. The van der Waals surface area contributed by atoms with Gasteiger partial charge in [0.05, 0.1) is 32.1 Å². The van der Waals surface area contributed by atoms with Gasteiger partial charge >= 0.3 is 5.97 Å². The lowest BCUT2D eigenvalue weighted by atomic mass is 10.2. The van der Waals surface area contributed by atoms with Crippen molar-refractivity contribution in [1.29, 1.82) is 0 Å². The van der Waals surface area contributed by atoms with Crippen LogP contribution in [-0.2, 0) is 28.9 Å². The maximum Gasteiger partial charge on any atom is 0.306 e. The molecular weight excluding hydrogens is 470 g/mol. The van der Waals surface area contributed by atoms with Crippen molar-refractivity contribution < 1.29 is 19.0 Å². The number of hydrogen-bond acceptors (Lipinski definition) is 7. The quantitative estimate of drug-likeness (QED) is 0.251. The fourth-order valence-electron chi connectivity index (χ4n) is 3.93. The third-order valence-electron chi connectivity index (χ3n) is 5.78. The fourth-order valence-corrected chi connectivity index (χ4v) is 3.93. The van der Waals surface area contributed by atoms with Crippen LogP contribution in [0.2, 0.25) is 0 Å². The molecule has 194 valence electrons. The van der Waals surface area contributed by atoms with Crippen molar-refractivity contribution in [2.45, 2.75) is 46.6 Å². The molecule has 0 aliphatic rings. The van der Waals surface area contributed by atoms with Gasteiger partial charge in [-0.1, -0.05) is 18.2 Å². The standard InChI is InChI=1S/C28H33N5O4/c1-4-35-27(34)14-11-24-19-32(31-28(24)36-5-2)18-22-9-12-25(13-10-22)37-17-15-23-20-33(30-21(23)3)26-8-6-7-16-29-26/h6-10,12-13,16,19-20H,4-5,11,14-15,17-18H2,1-3H3. The third kappa shape index (κ3) is 7.19. The molecule has 9 heteroatoms. The molecule has 0 unspecified atom stereocenters. The van der Waals surface area contributed by atoms with Gasteiger partial charge < -0.3 is 14.2 Å². The number of hydrogen-bond donors (Lipinski definition) is 0. The Balaban J connectivity index is 1.30. The Morgan fingerprint density at radius 2 is 1.76 bits per heavy atom. The maximum absolute atomic E-state index is 11.7. The molecule has 1 aromatic carbocycles. The smallest absolute Gasteiger partial charge is 0.306 e. The number of ether oxygens (including phenoxy) is 3. The molecule has 0 aliphatic carbocycles. The number of nitrogens with zero attached hydrogens (tertiary/aromatic N) is 5. The van der Waals surface area contributed by atoms with Crippen LogP contribution in [0.25, 0.3) is 5.82 Å². The van der Waals surface area contributed by atoms with Crippen molar-refractivity contribution in [2.24, 2.45) is 0 Å². The number of esters is 1. The van der Waals surface area contributed by atoms with E-state index in [2.05, 4.69) is 15.2 Å². The summed E-state index contributed by atoms with van der Waals surface area (Å²) in [5.74, 6) is 1.95. The molecule has 0 fully saturated rings. The van der Waals surface area contributed by atoms with E-state index in [4.69, 9.17) is 14.2 Å². The lowest BCUT2D eigenvalue weighted by Crippen LogP contribution is -2.05. The second kappa shape index (κ2) is 12.7. The zero-order valence-electron chi connectivity index (χ0n) is 21.6. The largest absolute Gasteiger partial charge is 0.493 e. The van der Waals surface area contributed by atoms with Crippen molar-refractivity contribution in [3.05, 3.63) is 83.4 Å². The number of rotatable bonds is 13.